The van der Waals surface area contributed by atoms with Gasteiger partial charge in [-0.25, -0.2) is 0 Å². The predicted octanol–water partition coefficient (Wildman–Crippen LogP) is 2.73. The molecule has 0 aromatic rings. The summed E-state index contributed by atoms with van der Waals surface area (Å²) in [6.45, 7) is 5.67. The molecule has 0 bridgehead atoms. The van der Waals surface area contributed by atoms with Gasteiger partial charge in [-0.05, 0) is 13.8 Å². The van der Waals surface area contributed by atoms with Crippen LogP contribution in [0.3, 0.4) is 0 Å². The van der Waals surface area contributed by atoms with Gasteiger partial charge in [0.05, 0.1) is 0 Å². The first-order valence-corrected chi connectivity index (χ1v) is 6.87. The molecule has 1 nitrogen and oxygen atoms in total. The zero-order chi connectivity index (χ0) is 6.83. The molecule has 0 heterocycles. The summed E-state index contributed by atoms with van der Waals surface area (Å²) in [6.07, 6.45) is 0. The molecule has 0 N–H and O–H groups in total. The Morgan fingerprint density at radius 3 is 1.50 bits per heavy atom. The van der Waals surface area contributed by atoms with E-state index in [-0.39, 0.29) is 0 Å². The van der Waals surface area contributed by atoms with E-state index in [4.69, 9.17) is 4.74 Å². The maximum atomic E-state index is 4.83. The van der Waals surface area contributed by atoms with Crippen molar-refractivity contribution in [3.05, 3.63) is 0 Å². The van der Waals surface area contributed by atoms with Gasteiger partial charge in [-0.2, -0.15) is 0 Å². The second-order valence-corrected chi connectivity index (χ2v) is 5.58. The van der Waals surface area contributed by atoms with Crippen LogP contribution in [0.2, 0.25) is 0 Å². The fourth-order valence-electron chi connectivity index (χ4n) is 0.204. The van der Waals surface area contributed by atoms with E-state index in [0.29, 0.717) is 0 Å². The Morgan fingerprint density at radius 1 is 1.25 bits per heavy atom. The van der Waals surface area contributed by atoms with Crippen molar-refractivity contribution in [3.63, 3.8) is 0 Å². The van der Waals surface area contributed by atoms with Gasteiger partial charge in [0.1, 0.15) is 0 Å². The van der Waals surface area contributed by atoms with Gasteiger partial charge < -0.3 is 4.74 Å². The number of hydrogen-bond donors (Lipinski definition) is 0. The van der Waals surface area contributed by atoms with Crippen molar-refractivity contribution in [2.45, 2.75) is 13.8 Å². The van der Waals surface area contributed by atoms with Gasteiger partial charge in [-0.3, -0.25) is 0 Å². The quantitative estimate of drug-likeness (QED) is 0.712. The number of ether oxygens (including phenoxy) is 1. The van der Waals surface area contributed by atoms with Crippen molar-refractivity contribution < 1.29 is 16.1 Å². The molecule has 57 valence electrons. The van der Waals surface area contributed by atoms with Crippen molar-refractivity contribution in [1.82, 2.24) is 0 Å². The van der Waals surface area contributed by atoms with Crippen molar-refractivity contribution >= 4 is 28.2 Å². The first-order valence-electron chi connectivity index (χ1n) is 2.22. The SMILES string of the molecule is CCOCC.[Br][Cu][Br]. The third-order valence-electron chi connectivity index (χ3n) is 0.408. The molecule has 0 aliphatic rings. The molecule has 0 amide bonds. The Kier molecular flexibility index (Phi) is 24.0. The molecule has 0 spiro atoms. The summed E-state index contributed by atoms with van der Waals surface area (Å²) < 4.78 is 4.83. The van der Waals surface area contributed by atoms with E-state index in [2.05, 4.69) is 28.2 Å². The van der Waals surface area contributed by atoms with Gasteiger partial charge in [-0.15, -0.1) is 0 Å². The monoisotopic (exact) mass is 295 g/mol. The van der Waals surface area contributed by atoms with Crippen molar-refractivity contribution in [2.75, 3.05) is 13.2 Å². The molecule has 0 saturated heterocycles. The van der Waals surface area contributed by atoms with Crippen LogP contribution in [0.25, 0.3) is 0 Å². The van der Waals surface area contributed by atoms with E-state index < -0.39 is 0 Å². The van der Waals surface area contributed by atoms with Gasteiger partial charge in [0, 0.05) is 13.2 Å². The topological polar surface area (TPSA) is 9.23 Å². The van der Waals surface area contributed by atoms with Crippen molar-refractivity contribution in [1.29, 1.82) is 0 Å². The summed E-state index contributed by atoms with van der Waals surface area (Å²) in [5, 5.41) is 0. The Bertz CT molecular complexity index is 28.0. The van der Waals surface area contributed by atoms with E-state index in [1.807, 2.05) is 13.8 Å². The van der Waals surface area contributed by atoms with Crippen LogP contribution in [0.5, 0.6) is 0 Å². The van der Waals surface area contributed by atoms with E-state index in [1.165, 1.54) is 11.3 Å². The first-order chi connectivity index (χ1) is 3.83. The minimum absolute atomic E-state index is 0.844. The molecule has 0 saturated carbocycles. The van der Waals surface area contributed by atoms with Crippen molar-refractivity contribution in [2.24, 2.45) is 0 Å². The van der Waals surface area contributed by atoms with E-state index in [0.717, 1.165) is 13.2 Å². The van der Waals surface area contributed by atoms with Gasteiger partial charge >= 0.3 is 39.6 Å². The maximum absolute atomic E-state index is 4.83. The van der Waals surface area contributed by atoms with E-state index in [9.17, 15) is 0 Å². The molecule has 8 heavy (non-hydrogen) atoms. The van der Waals surface area contributed by atoms with Gasteiger partial charge in [0.25, 0.3) is 0 Å². The summed E-state index contributed by atoms with van der Waals surface area (Å²) >= 11 is 7.38. The number of halogens is 2. The van der Waals surface area contributed by atoms with E-state index >= 15 is 0 Å². The number of hydrogen-bond acceptors (Lipinski definition) is 1. The zero-order valence-corrected chi connectivity index (χ0v) is 8.99. The summed E-state index contributed by atoms with van der Waals surface area (Å²) in [6, 6.07) is 0. The predicted molar refractivity (Wildman–Crippen MR) is 40.0 cm³/mol. The minimum atomic E-state index is 0.844. The van der Waals surface area contributed by atoms with Gasteiger partial charge in [0.2, 0.25) is 0 Å². The third kappa shape index (κ3) is 26.1. The van der Waals surface area contributed by atoms with Crippen LogP contribution in [0.15, 0.2) is 0 Å². The Balaban J connectivity index is 0. The van der Waals surface area contributed by atoms with Crippen LogP contribution >= 0.6 is 28.2 Å². The Morgan fingerprint density at radius 2 is 1.50 bits per heavy atom. The average molecular weight is 297 g/mol. The normalized spacial score (nSPS) is 8.00. The standard InChI is InChI=1S/C4H10O.2BrH.Cu/c1-3-5-4-2;;;/h3-4H2,1-2H3;2*1H;/q;;;+2/p-2. The second kappa shape index (κ2) is 15.8. The molecule has 4 heteroatoms. The molecule has 0 aromatic heterocycles. The molecule has 0 atom stereocenters. The summed E-state index contributed by atoms with van der Waals surface area (Å²) in [5.74, 6) is 0. The molecule has 0 aliphatic carbocycles. The van der Waals surface area contributed by atoms with Gasteiger partial charge in [-0.1, -0.05) is 0 Å². The number of rotatable bonds is 2. The third-order valence-corrected chi connectivity index (χ3v) is 0.408. The Labute approximate surface area is 71.1 Å². The van der Waals surface area contributed by atoms with Crippen LogP contribution < -0.4 is 0 Å². The fraction of sp³-hybridized carbons (Fsp3) is 1.00. The van der Waals surface area contributed by atoms with Crippen LogP contribution in [0.1, 0.15) is 13.8 Å². The summed E-state index contributed by atoms with van der Waals surface area (Å²) in [7, 11) is 0. The summed E-state index contributed by atoms with van der Waals surface area (Å²) in [4.78, 5) is 0. The molecule has 0 aliphatic heterocycles. The Hall–Kier alpha value is 1.44. The zero-order valence-electron chi connectivity index (χ0n) is 4.88. The molecular weight excluding hydrogens is 287 g/mol. The van der Waals surface area contributed by atoms with Crippen LogP contribution in [0.4, 0.5) is 0 Å². The fourth-order valence-corrected chi connectivity index (χ4v) is 0.204. The van der Waals surface area contributed by atoms with Crippen LogP contribution in [-0.2, 0) is 16.1 Å². The molecule has 0 aromatic carbocycles. The average Bonchev–Trinajstić information content (AvgIpc) is 1.71. The van der Waals surface area contributed by atoms with Crippen LogP contribution in [-0.4, -0.2) is 13.2 Å². The molecule has 0 radical (unpaired) electrons. The molecule has 0 fully saturated rings. The van der Waals surface area contributed by atoms with E-state index in [1.54, 1.807) is 0 Å². The molecular formula is C4H10Br2CuO. The van der Waals surface area contributed by atoms with Gasteiger partial charge in [0.15, 0.2) is 0 Å². The van der Waals surface area contributed by atoms with Crippen molar-refractivity contribution in [3.8, 4) is 0 Å². The second-order valence-electron chi connectivity index (χ2n) is 0.825. The summed E-state index contributed by atoms with van der Waals surface area (Å²) in [5.41, 5.74) is 0. The van der Waals surface area contributed by atoms with Crippen LogP contribution in [0, 0.1) is 0 Å². The molecule has 0 unspecified atom stereocenters. The first kappa shape index (κ1) is 12.1. The molecule has 0 rings (SSSR count).